The van der Waals surface area contributed by atoms with Crippen molar-refractivity contribution >= 4 is 5.69 Å². The van der Waals surface area contributed by atoms with Crippen LogP contribution in [0.3, 0.4) is 0 Å². The van der Waals surface area contributed by atoms with Gasteiger partial charge >= 0.3 is 0 Å². The second kappa shape index (κ2) is 9.52. The lowest BCUT2D eigenvalue weighted by Gasteiger charge is -2.41. The molecule has 3 aliphatic rings. The lowest BCUT2D eigenvalue weighted by Crippen LogP contribution is -2.54. The molecule has 8 nitrogen and oxygen atoms in total. The first-order valence-corrected chi connectivity index (χ1v) is 12.9. The molecule has 0 amide bonds. The van der Waals surface area contributed by atoms with E-state index in [2.05, 4.69) is 67.9 Å². The fourth-order valence-corrected chi connectivity index (χ4v) is 5.37. The molecule has 36 heavy (non-hydrogen) atoms. The number of aliphatic hydroxyl groups is 1. The van der Waals surface area contributed by atoms with Gasteiger partial charge in [-0.2, -0.15) is 0 Å². The summed E-state index contributed by atoms with van der Waals surface area (Å²) in [4.78, 5) is 11.7. The number of rotatable bonds is 5. The predicted molar refractivity (Wildman–Crippen MR) is 140 cm³/mol. The minimum atomic E-state index is -0.758. The Kier molecular flexibility index (Phi) is 6.21. The Bertz CT molecular complexity index is 1200. The summed E-state index contributed by atoms with van der Waals surface area (Å²) in [5.74, 6) is 1.84. The van der Waals surface area contributed by atoms with E-state index in [1.54, 1.807) is 0 Å². The van der Waals surface area contributed by atoms with E-state index in [0.717, 1.165) is 87.5 Å². The third kappa shape index (κ3) is 4.74. The summed E-state index contributed by atoms with van der Waals surface area (Å²) >= 11 is 0. The molecule has 0 radical (unpaired) electrons. The summed E-state index contributed by atoms with van der Waals surface area (Å²) in [6.45, 7) is 12.1. The maximum Gasteiger partial charge on any atom is 0.151 e. The molecular weight excluding hydrogens is 454 g/mol. The standard InChI is InChI=1S/C28H35N5O3/c1-28(2,34)32-11-9-31(10-12-32)24-6-3-21(4-7-24)22-5-8-25-26(17-22)36-20-27-29-23(19-33(25)27)18-30-13-15-35-16-14-30/h3-8,17,19,34H,9-16,18,20H2,1-2H3. The number of hydrogen-bond acceptors (Lipinski definition) is 7. The van der Waals surface area contributed by atoms with Crippen molar-refractivity contribution in [1.82, 2.24) is 19.4 Å². The van der Waals surface area contributed by atoms with Gasteiger partial charge in [-0.15, -0.1) is 0 Å². The Morgan fingerprint density at radius 1 is 0.917 bits per heavy atom. The molecule has 0 unspecified atom stereocenters. The van der Waals surface area contributed by atoms with E-state index < -0.39 is 5.72 Å². The Morgan fingerprint density at radius 3 is 2.36 bits per heavy atom. The van der Waals surface area contributed by atoms with Crippen LogP contribution in [0.4, 0.5) is 5.69 Å². The van der Waals surface area contributed by atoms with E-state index in [0.29, 0.717) is 6.61 Å². The number of benzene rings is 2. The van der Waals surface area contributed by atoms with Crippen LogP contribution in [-0.2, 0) is 17.9 Å². The number of nitrogens with zero attached hydrogens (tertiary/aromatic N) is 5. The van der Waals surface area contributed by atoms with Crippen LogP contribution in [0.2, 0.25) is 0 Å². The fraction of sp³-hybridized carbons (Fsp3) is 0.464. The lowest BCUT2D eigenvalue weighted by molar-refractivity contribution is -0.0802. The highest BCUT2D eigenvalue weighted by Crippen LogP contribution is 2.35. The zero-order valence-electron chi connectivity index (χ0n) is 21.2. The molecule has 1 aromatic heterocycles. The van der Waals surface area contributed by atoms with Gasteiger partial charge in [0.25, 0.3) is 0 Å². The van der Waals surface area contributed by atoms with Gasteiger partial charge in [-0.25, -0.2) is 4.98 Å². The molecule has 1 N–H and O–H groups in total. The Labute approximate surface area is 212 Å². The molecule has 3 aliphatic heterocycles. The van der Waals surface area contributed by atoms with Gasteiger partial charge in [0.15, 0.2) is 5.82 Å². The highest BCUT2D eigenvalue weighted by Gasteiger charge is 2.27. The molecule has 190 valence electrons. The van der Waals surface area contributed by atoms with Crippen molar-refractivity contribution in [2.24, 2.45) is 0 Å². The minimum absolute atomic E-state index is 0.481. The largest absolute Gasteiger partial charge is 0.483 e. The number of aromatic nitrogens is 2. The highest BCUT2D eigenvalue weighted by atomic mass is 16.5. The van der Waals surface area contributed by atoms with Gasteiger partial charge in [-0.05, 0) is 49.2 Å². The molecule has 0 saturated carbocycles. The predicted octanol–water partition coefficient (Wildman–Crippen LogP) is 3.11. The van der Waals surface area contributed by atoms with E-state index in [1.807, 2.05) is 13.8 Å². The Morgan fingerprint density at radius 2 is 1.64 bits per heavy atom. The van der Waals surface area contributed by atoms with Gasteiger partial charge < -0.3 is 19.5 Å². The van der Waals surface area contributed by atoms with E-state index >= 15 is 0 Å². The average Bonchev–Trinajstić information content (AvgIpc) is 3.31. The molecule has 2 fully saturated rings. The molecule has 3 aromatic rings. The van der Waals surface area contributed by atoms with Gasteiger partial charge in [0.05, 0.1) is 24.6 Å². The number of anilines is 1. The van der Waals surface area contributed by atoms with Crippen LogP contribution in [0.5, 0.6) is 5.75 Å². The summed E-state index contributed by atoms with van der Waals surface area (Å²) in [7, 11) is 0. The fourth-order valence-electron chi connectivity index (χ4n) is 5.37. The topological polar surface area (TPSA) is 66.2 Å². The maximum atomic E-state index is 10.3. The van der Waals surface area contributed by atoms with E-state index in [-0.39, 0.29) is 0 Å². The minimum Gasteiger partial charge on any atom is -0.483 e. The normalized spacial score (nSPS) is 19.0. The molecule has 8 heteroatoms. The molecule has 4 heterocycles. The first kappa shape index (κ1) is 23.5. The van der Waals surface area contributed by atoms with Crippen LogP contribution in [0.1, 0.15) is 25.4 Å². The lowest BCUT2D eigenvalue weighted by atomic mass is 10.0. The van der Waals surface area contributed by atoms with E-state index in [1.165, 1.54) is 11.3 Å². The van der Waals surface area contributed by atoms with Crippen molar-refractivity contribution in [3.63, 3.8) is 0 Å². The van der Waals surface area contributed by atoms with Crippen molar-refractivity contribution < 1.29 is 14.6 Å². The number of morpholine rings is 1. The summed E-state index contributed by atoms with van der Waals surface area (Å²) in [5, 5.41) is 10.3. The zero-order chi connectivity index (χ0) is 24.7. The van der Waals surface area contributed by atoms with Crippen LogP contribution >= 0.6 is 0 Å². The molecule has 0 spiro atoms. The first-order valence-electron chi connectivity index (χ1n) is 12.9. The summed E-state index contributed by atoms with van der Waals surface area (Å²) in [6.07, 6.45) is 2.15. The van der Waals surface area contributed by atoms with Crippen molar-refractivity contribution in [3.8, 4) is 22.6 Å². The van der Waals surface area contributed by atoms with Gasteiger partial charge in [-0.3, -0.25) is 14.4 Å². The number of imidazole rings is 1. The Hall–Kier alpha value is -2.91. The van der Waals surface area contributed by atoms with Crippen molar-refractivity contribution in [3.05, 3.63) is 60.2 Å². The molecule has 2 aromatic carbocycles. The van der Waals surface area contributed by atoms with Crippen LogP contribution in [-0.4, -0.2) is 82.7 Å². The van der Waals surface area contributed by atoms with Crippen LogP contribution in [0.25, 0.3) is 16.8 Å². The van der Waals surface area contributed by atoms with Crippen LogP contribution < -0.4 is 9.64 Å². The third-order valence-electron chi connectivity index (χ3n) is 7.51. The number of fused-ring (bicyclic) bond motifs is 3. The molecule has 0 atom stereocenters. The van der Waals surface area contributed by atoms with Crippen molar-refractivity contribution in [2.45, 2.75) is 32.7 Å². The van der Waals surface area contributed by atoms with Crippen molar-refractivity contribution in [1.29, 1.82) is 0 Å². The highest BCUT2D eigenvalue weighted by molar-refractivity contribution is 5.70. The van der Waals surface area contributed by atoms with Gasteiger partial charge in [0.1, 0.15) is 18.1 Å². The zero-order valence-corrected chi connectivity index (χ0v) is 21.2. The van der Waals surface area contributed by atoms with Gasteiger partial charge in [-0.1, -0.05) is 18.2 Å². The second-order valence-corrected chi connectivity index (χ2v) is 10.4. The van der Waals surface area contributed by atoms with Crippen LogP contribution in [0, 0.1) is 0 Å². The summed E-state index contributed by atoms with van der Waals surface area (Å²) < 4.78 is 13.8. The Balaban J connectivity index is 1.15. The maximum absolute atomic E-state index is 10.3. The van der Waals surface area contributed by atoms with E-state index in [4.69, 9.17) is 14.5 Å². The molecule has 0 aliphatic carbocycles. The smallest absolute Gasteiger partial charge is 0.151 e. The number of ether oxygens (including phenoxy) is 2. The number of hydrogen-bond donors (Lipinski definition) is 1. The second-order valence-electron chi connectivity index (χ2n) is 10.4. The summed E-state index contributed by atoms with van der Waals surface area (Å²) in [5.41, 5.74) is 4.90. The summed E-state index contributed by atoms with van der Waals surface area (Å²) in [6, 6.07) is 15.2. The van der Waals surface area contributed by atoms with Gasteiger partial charge in [0, 0.05) is 57.7 Å². The molecule has 0 bridgehead atoms. The van der Waals surface area contributed by atoms with E-state index in [9.17, 15) is 5.11 Å². The third-order valence-corrected chi connectivity index (χ3v) is 7.51. The molecular formula is C28H35N5O3. The quantitative estimate of drug-likeness (QED) is 0.591. The average molecular weight is 490 g/mol. The molecule has 6 rings (SSSR count). The first-order chi connectivity index (χ1) is 17.4. The number of piperazine rings is 1. The SMILES string of the molecule is CC(C)(O)N1CCN(c2ccc(-c3ccc4c(c3)OCc3nc(CN5CCOCC5)cn3-4)cc2)CC1. The van der Waals surface area contributed by atoms with Gasteiger partial charge in [0.2, 0.25) is 0 Å². The van der Waals surface area contributed by atoms with Crippen LogP contribution in [0.15, 0.2) is 48.7 Å². The monoisotopic (exact) mass is 489 g/mol. The van der Waals surface area contributed by atoms with Crippen molar-refractivity contribution in [2.75, 3.05) is 57.4 Å². The molecule has 2 saturated heterocycles.